The molecule has 0 unspecified atom stereocenters. The molecule has 2 rings (SSSR count). The lowest BCUT2D eigenvalue weighted by Gasteiger charge is -2.14. The molecule has 0 atom stereocenters. The van der Waals surface area contributed by atoms with Crippen molar-refractivity contribution >= 4 is 27.3 Å². The van der Waals surface area contributed by atoms with Crippen LogP contribution in [0.2, 0.25) is 0 Å². The summed E-state index contributed by atoms with van der Waals surface area (Å²) in [5.41, 5.74) is 4.88. The van der Waals surface area contributed by atoms with Gasteiger partial charge in [-0.05, 0) is 42.3 Å². The molecule has 0 fully saturated rings. The number of hydrogen-bond acceptors (Lipinski definition) is 2. The second-order valence-corrected chi connectivity index (χ2v) is 5.74. The average Bonchev–Trinajstić information content (AvgIpc) is 2.40. The molecule has 100 valence electrons. The van der Waals surface area contributed by atoms with Crippen LogP contribution in [0.1, 0.15) is 11.1 Å². The van der Waals surface area contributed by atoms with E-state index in [0.717, 1.165) is 16.7 Å². The summed E-state index contributed by atoms with van der Waals surface area (Å²) >= 11 is 3.57. The maximum absolute atomic E-state index is 3.57. The summed E-state index contributed by atoms with van der Waals surface area (Å²) in [6.07, 6.45) is 0. The van der Waals surface area contributed by atoms with Gasteiger partial charge in [0.05, 0.1) is 0 Å². The molecule has 0 spiro atoms. The van der Waals surface area contributed by atoms with E-state index in [0.29, 0.717) is 0 Å². The molecule has 0 saturated carbocycles. The predicted octanol–water partition coefficient (Wildman–Crippen LogP) is 4.44. The quantitative estimate of drug-likeness (QED) is 0.896. The van der Waals surface area contributed by atoms with E-state index in [2.05, 4.69) is 89.6 Å². The Morgan fingerprint density at radius 1 is 1.11 bits per heavy atom. The summed E-state index contributed by atoms with van der Waals surface area (Å²) in [5, 5.41) is 3.46. The first-order valence-corrected chi connectivity index (χ1v) is 7.12. The Morgan fingerprint density at radius 2 is 1.89 bits per heavy atom. The first kappa shape index (κ1) is 13.9. The van der Waals surface area contributed by atoms with Gasteiger partial charge in [0, 0.05) is 36.5 Å². The fourth-order valence-corrected chi connectivity index (χ4v) is 2.27. The van der Waals surface area contributed by atoms with E-state index in [1.54, 1.807) is 0 Å². The molecular formula is C16H19BrN2. The molecule has 19 heavy (non-hydrogen) atoms. The van der Waals surface area contributed by atoms with Crippen molar-refractivity contribution in [3.63, 3.8) is 0 Å². The molecule has 2 nitrogen and oxygen atoms in total. The van der Waals surface area contributed by atoms with Crippen LogP contribution in [0, 0.1) is 6.92 Å². The van der Waals surface area contributed by atoms with Crippen LogP contribution in [-0.4, -0.2) is 14.1 Å². The number of anilines is 2. The Kier molecular flexibility index (Phi) is 4.48. The summed E-state index contributed by atoms with van der Waals surface area (Å²) in [7, 11) is 4.10. The molecule has 0 aromatic heterocycles. The van der Waals surface area contributed by atoms with Crippen molar-refractivity contribution in [3.8, 4) is 0 Å². The van der Waals surface area contributed by atoms with Gasteiger partial charge in [0.25, 0.3) is 0 Å². The van der Waals surface area contributed by atoms with Crippen LogP contribution < -0.4 is 10.2 Å². The van der Waals surface area contributed by atoms with Crippen LogP contribution in [0.5, 0.6) is 0 Å². The fraction of sp³-hybridized carbons (Fsp3) is 0.250. The maximum Gasteiger partial charge on any atom is 0.0401 e. The van der Waals surface area contributed by atoms with Gasteiger partial charge in [-0.1, -0.05) is 34.1 Å². The van der Waals surface area contributed by atoms with Gasteiger partial charge in [0.2, 0.25) is 0 Å². The van der Waals surface area contributed by atoms with Gasteiger partial charge in [-0.25, -0.2) is 0 Å². The molecule has 0 aliphatic carbocycles. The molecule has 2 aromatic rings. The molecule has 1 N–H and O–H groups in total. The molecule has 2 aromatic carbocycles. The van der Waals surface area contributed by atoms with Crippen molar-refractivity contribution in [1.29, 1.82) is 0 Å². The Balaban J connectivity index is 2.05. The number of rotatable bonds is 4. The second kappa shape index (κ2) is 6.11. The summed E-state index contributed by atoms with van der Waals surface area (Å²) < 4.78 is 1.16. The SMILES string of the molecule is Cc1ccc(CNc2cccc(N(C)C)c2)cc1Br. The molecule has 0 aliphatic heterocycles. The lowest BCUT2D eigenvalue weighted by atomic mass is 10.1. The molecule has 0 aliphatic rings. The standard InChI is InChI=1S/C16H19BrN2/c1-12-7-8-13(9-16(12)17)11-18-14-5-4-6-15(10-14)19(2)3/h4-10,18H,11H2,1-3H3. The molecule has 3 heteroatoms. The lowest BCUT2D eigenvalue weighted by molar-refractivity contribution is 1.12. The summed E-state index contributed by atoms with van der Waals surface area (Å²) in [6, 6.07) is 14.9. The Morgan fingerprint density at radius 3 is 2.58 bits per heavy atom. The number of aryl methyl sites for hydroxylation is 1. The van der Waals surface area contributed by atoms with Crippen molar-refractivity contribution in [2.45, 2.75) is 13.5 Å². The van der Waals surface area contributed by atoms with Crippen molar-refractivity contribution in [2.24, 2.45) is 0 Å². The Bertz CT molecular complexity index is 564. The van der Waals surface area contributed by atoms with Crippen LogP contribution >= 0.6 is 15.9 Å². The zero-order chi connectivity index (χ0) is 13.8. The fourth-order valence-electron chi connectivity index (χ4n) is 1.84. The van der Waals surface area contributed by atoms with E-state index in [1.807, 2.05) is 0 Å². The first-order valence-electron chi connectivity index (χ1n) is 6.32. The second-order valence-electron chi connectivity index (χ2n) is 4.88. The largest absolute Gasteiger partial charge is 0.381 e. The third kappa shape index (κ3) is 3.74. The average molecular weight is 319 g/mol. The van der Waals surface area contributed by atoms with Crippen LogP contribution in [0.15, 0.2) is 46.9 Å². The van der Waals surface area contributed by atoms with E-state index < -0.39 is 0 Å². The van der Waals surface area contributed by atoms with Gasteiger partial charge in [0.15, 0.2) is 0 Å². The molecule has 0 bridgehead atoms. The van der Waals surface area contributed by atoms with E-state index in [-0.39, 0.29) is 0 Å². The predicted molar refractivity (Wildman–Crippen MR) is 87.0 cm³/mol. The summed E-state index contributed by atoms with van der Waals surface area (Å²) in [6.45, 7) is 2.93. The van der Waals surface area contributed by atoms with E-state index in [1.165, 1.54) is 16.8 Å². The van der Waals surface area contributed by atoms with Gasteiger partial charge in [-0.3, -0.25) is 0 Å². The van der Waals surface area contributed by atoms with Crippen molar-refractivity contribution < 1.29 is 0 Å². The topological polar surface area (TPSA) is 15.3 Å². The minimum Gasteiger partial charge on any atom is -0.381 e. The molecule has 0 saturated heterocycles. The summed E-state index contributed by atoms with van der Waals surface area (Å²) in [5.74, 6) is 0. The molecular weight excluding hydrogens is 300 g/mol. The molecule has 0 heterocycles. The zero-order valence-corrected chi connectivity index (χ0v) is 13.2. The van der Waals surface area contributed by atoms with Gasteiger partial charge < -0.3 is 10.2 Å². The third-order valence-corrected chi connectivity index (χ3v) is 3.95. The normalized spacial score (nSPS) is 10.3. The highest BCUT2D eigenvalue weighted by atomic mass is 79.9. The zero-order valence-electron chi connectivity index (χ0n) is 11.6. The monoisotopic (exact) mass is 318 g/mol. The highest BCUT2D eigenvalue weighted by Crippen LogP contribution is 2.20. The number of nitrogens with one attached hydrogen (secondary N) is 1. The third-order valence-electron chi connectivity index (χ3n) is 3.10. The van der Waals surface area contributed by atoms with Crippen molar-refractivity contribution in [2.75, 3.05) is 24.3 Å². The van der Waals surface area contributed by atoms with E-state index >= 15 is 0 Å². The number of nitrogens with zero attached hydrogens (tertiary/aromatic N) is 1. The number of benzene rings is 2. The van der Waals surface area contributed by atoms with Crippen LogP contribution in [0.3, 0.4) is 0 Å². The van der Waals surface area contributed by atoms with Crippen LogP contribution in [0.25, 0.3) is 0 Å². The molecule has 0 radical (unpaired) electrons. The van der Waals surface area contributed by atoms with E-state index in [9.17, 15) is 0 Å². The summed E-state index contributed by atoms with van der Waals surface area (Å²) in [4.78, 5) is 2.10. The number of halogens is 1. The van der Waals surface area contributed by atoms with Gasteiger partial charge in [-0.15, -0.1) is 0 Å². The highest BCUT2D eigenvalue weighted by Gasteiger charge is 2.00. The Hall–Kier alpha value is -1.48. The number of hydrogen-bond donors (Lipinski definition) is 1. The van der Waals surface area contributed by atoms with Crippen LogP contribution in [-0.2, 0) is 6.54 Å². The van der Waals surface area contributed by atoms with Gasteiger partial charge >= 0.3 is 0 Å². The van der Waals surface area contributed by atoms with Gasteiger partial charge in [-0.2, -0.15) is 0 Å². The Labute approximate surface area is 123 Å². The maximum atomic E-state index is 3.57. The highest BCUT2D eigenvalue weighted by molar-refractivity contribution is 9.10. The smallest absolute Gasteiger partial charge is 0.0401 e. The van der Waals surface area contributed by atoms with E-state index in [4.69, 9.17) is 0 Å². The van der Waals surface area contributed by atoms with Crippen molar-refractivity contribution in [3.05, 3.63) is 58.1 Å². The van der Waals surface area contributed by atoms with Crippen molar-refractivity contribution in [1.82, 2.24) is 0 Å². The first-order chi connectivity index (χ1) is 9.06. The minimum atomic E-state index is 0.829. The lowest BCUT2D eigenvalue weighted by Crippen LogP contribution is -2.09. The van der Waals surface area contributed by atoms with Crippen LogP contribution in [0.4, 0.5) is 11.4 Å². The minimum absolute atomic E-state index is 0.829. The molecule has 0 amide bonds. The van der Waals surface area contributed by atoms with Gasteiger partial charge in [0.1, 0.15) is 0 Å².